The molecule has 2 rings (SSSR count). The molecule has 2 aromatic rings. The third kappa shape index (κ3) is 2.45. The molecule has 0 spiro atoms. The number of hydrogen-bond donors (Lipinski definition) is 1. The first-order valence-corrected chi connectivity index (χ1v) is 6.07. The summed E-state index contributed by atoms with van der Waals surface area (Å²) in [5.74, 6) is 1.69. The third-order valence-corrected chi connectivity index (χ3v) is 3.17. The van der Waals surface area contributed by atoms with E-state index in [0.29, 0.717) is 0 Å². The minimum Gasteiger partial charge on any atom is -0.369 e. The fraction of sp³-hybridized carbons (Fsp3) is 0.455. The molecule has 0 saturated carbocycles. The maximum atomic E-state index is 4.26. The van der Waals surface area contributed by atoms with Gasteiger partial charge in [0, 0.05) is 6.54 Å². The zero-order chi connectivity index (χ0) is 10.7. The molecule has 0 fully saturated rings. The maximum Gasteiger partial charge on any atom is 0.147 e. The van der Waals surface area contributed by atoms with Gasteiger partial charge >= 0.3 is 0 Å². The lowest BCUT2D eigenvalue weighted by Crippen LogP contribution is -2.06. The Morgan fingerprint density at radius 3 is 3.07 bits per heavy atom. The molecule has 1 N–H and O–H groups in total. The summed E-state index contributed by atoms with van der Waals surface area (Å²) in [6.45, 7) is 5.42. The predicted octanol–water partition coefficient (Wildman–Crippen LogP) is 3.15. The van der Waals surface area contributed by atoms with Crippen molar-refractivity contribution in [2.24, 2.45) is 5.92 Å². The SMILES string of the molecule is CC(C)CCNc1ncnc2ccsc12. The standard InChI is InChI=1S/C11H15N3S/c1-8(2)3-5-12-11-10-9(4-6-15-10)13-7-14-11/h4,6-8H,3,5H2,1-2H3,(H,12,13,14). The molecule has 0 bridgehead atoms. The first-order valence-electron chi connectivity index (χ1n) is 5.19. The predicted molar refractivity (Wildman–Crippen MR) is 65.4 cm³/mol. The normalized spacial score (nSPS) is 11.1. The number of rotatable bonds is 4. The van der Waals surface area contributed by atoms with Crippen LogP contribution in [0.25, 0.3) is 10.2 Å². The van der Waals surface area contributed by atoms with E-state index in [-0.39, 0.29) is 0 Å². The smallest absolute Gasteiger partial charge is 0.147 e. The van der Waals surface area contributed by atoms with Crippen LogP contribution in [0.5, 0.6) is 0 Å². The highest BCUT2D eigenvalue weighted by Gasteiger charge is 2.03. The molecule has 4 heteroatoms. The first-order chi connectivity index (χ1) is 7.27. The van der Waals surface area contributed by atoms with E-state index < -0.39 is 0 Å². The molecule has 0 amide bonds. The lowest BCUT2D eigenvalue weighted by molar-refractivity contribution is 0.607. The van der Waals surface area contributed by atoms with Gasteiger partial charge in [-0.2, -0.15) is 0 Å². The van der Waals surface area contributed by atoms with Crippen molar-refractivity contribution in [3.63, 3.8) is 0 Å². The molecule has 2 aromatic heterocycles. The molecule has 0 aliphatic rings. The Bertz CT molecular complexity index is 436. The molecule has 0 aromatic carbocycles. The van der Waals surface area contributed by atoms with Gasteiger partial charge < -0.3 is 5.32 Å². The lowest BCUT2D eigenvalue weighted by atomic mass is 10.1. The molecule has 0 atom stereocenters. The van der Waals surface area contributed by atoms with Crippen molar-refractivity contribution in [1.82, 2.24) is 9.97 Å². The van der Waals surface area contributed by atoms with Crippen molar-refractivity contribution in [2.45, 2.75) is 20.3 Å². The van der Waals surface area contributed by atoms with E-state index in [2.05, 4.69) is 29.1 Å². The minimum absolute atomic E-state index is 0.721. The van der Waals surface area contributed by atoms with Crippen molar-refractivity contribution >= 4 is 27.4 Å². The van der Waals surface area contributed by atoms with Gasteiger partial charge in [-0.05, 0) is 23.8 Å². The summed E-state index contributed by atoms with van der Waals surface area (Å²) < 4.78 is 1.15. The van der Waals surface area contributed by atoms with Crippen molar-refractivity contribution in [3.05, 3.63) is 17.8 Å². The van der Waals surface area contributed by atoms with Crippen LogP contribution < -0.4 is 5.32 Å². The second kappa shape index (κ2) is 4.57. The Morgan fingerprint density at radius 2 is 2.27 bits per heavy atom. The van der Waals surface area contributed by atoms with Gasteiger partial charge in [0.1, 0.15) is 12.1 Å². The quantitative estimate of drug-likeness (QED) is 0.861. The van der Waals surface area contributed by atoms with Gasteiger partial charge in [0.2, 0.25) is 0 Å². The van der Waals surface area contributed by atoms with Gasteiger partial charge in [-0.25, -0.2) is 9.97 Å². The van der Waals surface area contributed by atoms with Crippen LogP contribution in [0.3, 0.4) is 0 Å². The average molecular weight is 221 g/mol. The largest absolute Gasteiger partial charge is 0.369 e. The van der Waals surface area contributed by atoms with Crippen LogP contribution in [-0.4, -0.2) is 16.5 Å². The first kappa shape index (κ1) is 10.4. The molecular weight excluding hydrogens is 206 g/mol. The Hall–Kier alpha value is -1.16. The fourth-order valence-corrected chi connectivity index (χ4v) is 2.20. The highest BCUT2D eigenvalue weighted by Crippen LogP contribution is 2.24. The summed E-state index contributed by atoms with van der Waals surface area (Å²) in [5.41, 5.74) is 1.03. The molecule has 0 aliphatic carbocycles. The maximum absolute atomic E-state index is 4.26. The monoisotopic (exact) mass is 221 g/mol. The molecule has 0 radical (unpaired) electrons. The van der Waals surface area contributed by atoms with Gasteiger partial charge in [-0.15, -0.1) is 11.3 Å². The minimum atomic E-state index is 0.721. The van der Waals surface area contributed by atoms with Gasteiger partial charge in [0.05, 0.1) is 10.2 Å². The summed E-state index contributed by atoms with van der Waals surface area (Å²) in [4.78, 5) is 8.47. The number of aromatic nitrogens is 2. The Morgan fingerprint density at radius 1 is 1.40 bits per heavy atom. The second-order valence-electron chi connectivity index (χ2n) is 3.97. The molecule has 0 unspecified atom stereocenters. The van der Waals surface area contributed by atoms with Gasteiger partial charge in [0.15, 0.2) is 0 Å². The van der Waals surface area contributed by atoms with E-state index in [0.717, 1.165) is 34.9 Å². The summed E-state index contributed by atoms with van der Waals surface area (Å²) in [5, 5.41) is 5.41. The van der Waals surface area contributed by atoms with Gasteiger partial charge in [-0.1, -0.05) is 13.8 Å². The highest BCUT2D eigenvalue weighted by molar-refractivity contribution is 7.17. The van der Waals surface area contributed by atoms with E-state index >= 15 is 0 Å². The molecule has 2 heterocycles. The van der Waals surface area contributed by atoms with Crippen LogP contribution in [0, 0.1) is 5.92 Å². The Balaban J connectivity index is 2.10. The van der Waals surface area contributed by atoms with Crippen LogP contribution in [0.1, 0.15) is 20.3 Å². The van der Waals surface area contributed by atoms with Crippen LogP contribution in [0.15, 0.2) is 17.8 Å². The number of thiophene rings is 1. The zero-order valence-corrected chi connectivity index (χ0v) is 9.84. The van der Waals surface area contributed by atoms with Crippen molar-refractivity contribution in [1.29, 1.82) is 0 Å². The zero-order valence-electron chi connectivity index (χ0n) is 9.03. The number of fused-ring (bicyclic) bond motifs is 1. The van der Waals surface area contributed by atoms with E-state index in [1.54, 1.807) is 17.7 Å². The van der Waals surface area contributed by atoms with Crippen molar-refractivity contribution < 1.29 is 0 Å². The summed E-state index contributed by atoms with van der Waals surface area (Å²) >= 11 is 1.69. The molecule has 15 heavy (non-hydrogen) atoms. The Kier molecular flexibility index (Phi) is 3.16. The molecule has 0 aliphatic heterocycles. The number of anilines is 1. The summed E-state index contributed by atoms with van der Waals surface area (Å²) in [7, 11) is 0. The van der Waals surface area contributed by atoms with E-state index in [1.807, 2.05) is 11.4 Å². The number of nitrogens with one attached hydrogen (secondary N) is 1. The fourth-order valence-electron chi connectivity index (χ4n) is 1.39. The van der Waals surface area contributed by atoms with Crippen LogP contribution in [-0.2, 0) is 0 Å². The van der Waals surface area contributed by atoms with Crippen LogP contribution in [0.4, 0.5) is 5.82 Å². The molecule has 80 valence electrons. The summed E-state index contributed by atoms with van der Waals surface area (Å²) in [6.07, 6.45) is 2.78. The van der Waals surface area contributed by atoms with E-state index in [4.69, 9.17) is 0 Å². The van der Waals surface area contributed by atoms with Crippen LogP contribution in [0.2, 0.25) is 0 Å². The van der Waals surface area contributed by atoms with Gasteiger partial charge in [0.25, 0.3) is 0 Å². The molecule has 3 nitrogen and oxygen atoms in total. The topological polar surface area (TPSA) is 37.8 Å². The summed E-state index contributed by atoms with van der Waals surface area (Å²) in [6, 6.07) is 2.02. The Labute approximate surface area is 93.6 Å². The third-order valence-electron chi connectivity index (χ3n) is 2.26. The van der Waals surface area contributed by atoms with E-state index in [9.17, 15) is 0 Å². The van der Waals surface area contributed by atoms with E-state index in [1.165, 1.54) is 0 Å². The van der Waals surface area contributed by atoms with Crippen molar-refractivity contribution in [3.8, 4) is 0 Å². The van der Waals surface area contributed by atoms with Gasteiger partial charge in [-0.3, -0.25) is 0 Å². The number of hydrogen-bond acceptors (Lipinski definition) is 4. The van der Waals surface area contributed by atoms with Crippen molar-refractivity contribution in [2.75, 3.05) is 11.9 Å². The average Bonchev–Trinajstić information content (AvgIpc) is 2.65. The molecule has 0 saturated heterocycles. The second-order valence-corrected chi connectivity index (χ2v) is 4.88. The highest BCUT2D eigenvalue weighted by atomic mass is 32.1. The molecular formula is C11H15N3S. The number of nitrogens with zero attached hydrogens (tertiary/aromatic N) is 2. The van der Waals surface area contributed by atoms with Crippen LogP contribution >= 0.6 is 11.3 Å². The lowest BCUT2D eigenvalue weighted by Gasteiger charge is -2.07.